The maximum absolute atomic E-state index is 12.7. The fraction of sp³-hybridized carbons (Fsp3) is 0.619. The Balaban J connectivity index is 1.24. The van der Waals surface area contributed by atoms with Gasteiger partial charge in [-0.05, 0) is 42.5 Å². The fourth-order valence-electron chi connectivity index (χ4n) is 4.52. The number of amides is 3. The first-order valence-corrected chi connectivity index (χ1v) is 11.3. The number of nitrogens with one attached hydrogen (secondary N) is 2. The Morgan fingerprint density at radius 1 is 1.17 bits per heavy atom. The monoisotopic (exact) mass is 419 g/mol. The van der Waals surface area contributed by atoms with Gasteiger partial charge in [-0.1, -0.05) is 6.42 Å². The van der Waals surface area contributed by atoms with Crippen molar-refractivity contribution in [3.63, 3.8) is 0 Å². The Hall–Kier alpha value is -2.09. The maximum Gasteiger partial charge on any atom is 0.315 e. The number of fused-ring (bicyclic) bond motifs is 2. The summed E-state index contributed by atoms with van der Waals surface area (Å²) in [5, 5.41) is 6.46. The molecule has 0 bridgehead atoms. The summed E-state index contributed by atoms with van der Waals surface area (Å²) in [5.74, 6) is 2.65. The van der Waals surface area contributed by atoms with E-state index in [4.69, 9.17) is 9.47 Å². The van der Waals surface area contributed by atoms with Gasteiger partial charge in [0.25, 0.3) is 0 Å². The number of benzene rings is 1. The van der Waals surface area contributed by atoms with Crippen LogP contribution in [0.1, 0.15) is 36.8 Å². The summed E-state index contributed by atoms with van der Waals surface area (Å²) in [5.41, 5.74) is 2.37. The first-order valence-electron chi connectivity index (χ1n) is 10.3. The summed E-state index contributed by atoms with van der Waals surface area (Å²) < 4.78 is 10.8. The lowest BCUT2D eigenvalue weighted by Gasteiger charge is -2.30. The number of urea groups is 1. The minimum Gasteiger partial charge on any atom is -0.493 e. The number of nitrogens with zero attached hydrogens (tertiary/aromatic N) is 1. The lowest BCUT2D eigenvalue weighted by molar-refractivity contribution is -0.132. The van der Waals surface area contributed by atoms with Crippen LogP contribution in [0.4, 0.5) is 4.79 Å². The van der Waals surface area contributed by atoms with Gasteiger partial charge in [-0.25, -0.2) is 4.79 Å². The van der Waals surface area contributed by atoms with Crippen molar-refractivity contribution >= 4 is 23.7 Å². The van der Waals surface area contributed by atoms with Crippen molar-refractivity contribution in [1.29, 1.82) is 0 Å². The molecule has 0 radical (unpaired) electrons. The molecule has 0 saturated carbocycles. The number of hydrogen-bond donors (Lipinski definition) is 2. The number of ether oxygens (including phenoxy) is 2. The summed E-state index contributed by atoms with van der Waals surface area (Å²) in [6.45, 7) is 1.38. The average molecular weight is 420 g/mol. The number of methoxy groups -OCH3 is 2. The summed E-state index contributed by atoms with van der Waals surface area (Å²) in [6, 6.07) is 4.49. The van der Waals surface area contributed by atoms with Crippen molar-refractivity contribution in [3.8, 4) is 11.5 Å². The highest BCUT2D eigenvalue weighted by molar-refractivity contribution is 8.00. The van der Waals surface area contributed by atoms with Gasteiger partial charge >= 0.3 is 6.03 Å². The number of rotatable bonds is 7. The molecule has 0 aliphatic carbocycles. The quantitative estimate of drug-likeness (QED) is 0.524. The standard InChI is InChI=1S/C21H29N3O4S/c1-27-16-9-13-7-8-24(11-14(13)10-17(16)28-2)19(25)6-4-3-5-18-20-15(12-29-18)22-21(26)23-20/h9-10,15,18,20H,3-8,11-12H2,1-2H3,(H2,22,23,26). The predicted molar refractivity (Wildman–Crippen MR) is 113 cm³/mol. The molecule has 4 rings (SSSR count). The molecule has 2 N–H and O–H groups in total. The van der Waals surface area contributed by atoms with Crippen LogP contribution < -0.4 is 20.1 Å². The third kappa shape index (κ3) is 4.27. The Morgan fingerprint density at radius 3 is 2.69 bits per heavy atom. The van der Waals surface area contributed by atoms with Gasteiger partial charge in [0.15, 0.2) is 11.5 Å². The van der Waals surface area contributed by atoms with Crippen molar-refractivity contribution in [3.05, 3.63) is 23.3 Å². The van der Waals surface area contributed by atoms with Gasteiger partial charge in [-0.2, -0.15) is 11.8 Å². The first-order chi connectivity index (χ1) is 14.1. The van der Waals surface area contributed by atoms with Crippen molar-refractivity contribution in [1.82, 2.24) is 15.5 Å². The topological polar surface area (TPSA) is 79.9 Å². The SMILES string of the molecule is COc1cc2c(cc1OC)CN(C(=O)CCCCC1SCC3NC(=O)NC31)CC2. The van der Waals surface area contributed by atoms with Crippen LogP contribution in [0, 0.1) is 0 Å². The van der Waals surface area contributed by atoms with Gasteiger partial charge in [0.05, 0.1) is 26.3 Å². The molecule has 1 aromatic carbocycles. The van der Waals surface area contributed by atoms with Crippen LogP contribution >= 0.6 is 11.8 Å². The van der Waals surface area contributed by atoms with E-state index in [2.05, 4.69) is 10.6 Å². The second-order valence-corrected chi connectivity index (χ2v) is 9.18. The summed E-state index contributed by atoms with van der Waals surface area (Å²) in [6.07, 6.45) is 4.37. The highest BCUT2D eigenvalue weighted by Crippen LogP contribution is 2.34. The van der Waals surface area contributed by atoms with Crippen molar-refractivity contribution < 1.29 is 19.1 Å². The smallest absolute Gasteiger partial charge is 0.315 e. The number of unbranched alkanes of at least 4 members (excludes halogenated alkanes) is 1. The fourth-order valence-corrected chi connectivity index (χ4v) is 6.06. The number of thioether (sulfide) groups is 1. The molecule has 2 fully saturated rings. The Labute approximate surface area is 175 Å². The molecule has 29 heavy (non-hydrogen) atoms. The largest absolute Gasteiger partial charge is 0.493 e. The third-order valence-electron chi connectivity index (χ3n) is 6.14. The van der Waals surface area contributed by atoms with Gasteiger partial charge < -0.3 is 25.0 Å². The third-order valence-corrected chi connectivity index (χ3v) is 7.65. The Bertz CT molecular complexity index is 787. The van der Waals surface area contributed by atoms with E-state index < -0.39 is 0 Å². The number of hydrogen-bond acceptors (Lipinski definition) is 5. The molecular formula is C21H29N3O4S. The van der Waals surface area contributed by atoms with E-state index in [1.54, 1.807) is 14.2 Å². The van der Waals surface area contributed by atoms with E-state index in [0.29, 0.717) is 24.0 Å². The molecule has 7 nitrogen and oxygen atoms in total. The molecule has 3 aliphatic heterocycles. The normalized spacial score (nSPS) is 25.1. The van der Waals surface area contributed by atoms with Gasteiger partial charge in [0.2, 0.25) is 5.91 Å². The molecule has 0 aromatic heterocycles. The predicted octanol–water partition coefficient (Wildman–Crippen LogP) is 2.31. The molecule has 1 aromatic rings. The van der Waals surface area contributed by atoms with Gasteiger partial charge in [-0.15, -0.1) is 0 Å². The molecule has 3 aliphatic rings. The molecule has 2 saturated heterocycles. The zero-order chi connectivity index (χ0) is 20.4. The lowest BCUT2D eigenvalue weighted by atomic mass is 9.98. The zero-order valence-electron chi connectivity index (χ0n) is 17.0. The van der Waals surface area contributed by atoms with Crippen molar-refractivity contribution in [2.24, 2.45) is 0 Å². The molecule has 8 heteroatoms. The Morgan fingerprint density at radius 2 is 1.93 bits per heavy atom. The van der Waals surface area contributed by atoms with Crippen LogP contribution in [0.15, 0.2) is 12.1 Å². The van der Waals surface area contributed by atoms with Crippen molar-refractivity contribution in [2.45, 2.75) is 56.0 Å². The molecular weight excluding hydrogens is 390 g/mol. The molecule has 0 spiro atoms. The summed E-state index contributed by atoms with van der Waals surface area (Å²) in [7, 11) is 3.28. The van der Waals surface area contributed by atoms with Crippen LogP contribution in [0.2, 0.25) is 0 Å². The van der Waals surface area contributed by atoms with Gasteiger partial charge in [0, 0.05) is 30.5 Å². The molecule has 3 unspecified atom stereocenters. The molecule has 3 heterocycles. The van der Waals surface area contributed by atoms with E-state index in [9.17, 15) is 9.59 Å². The average Bonchev–Trinajstić information content (AvgIpc) is 3.28. The molecule has 3 atom stereocenters. The van der Waals surface area contributed by atoms with E-state index >= 15 is 0 Å². The number of carbonyl (C=O) groups is 2. The Kier molecular flexibility index (Phi) is 6.08. The number of carbonyl (C=O) groups excluding carboxylic acids is 2. The van der Waals surface area contributed by atoms with Crippen molar-refractivity contribution in [2.75, 3.05) is 26.5 Å². The zero-order valence-corrected chi connectivity index (χ0v) is 17.8. The second-order valence-electron chi connectivity index (χ2n) is 7.91. The minimum absolute atomic E-state index is 0.0416. The maximum atomic E-state index is 12.7. The van der Waals surface area contributed by atoms with Crippen LogP contribution in [-0.2, 0) is 17.8 Å². The van der Waals surface area contributed by atoms with Gasteiger partial charge in [0.1, 0.15) is 0 Å². The second kappa shape index (κ2) is 8.73. The lowest BCUT2D eigenvalue weighted by Crippen LogP contribution is -2.37. The van der Waals surface area contributed by atoms with E-state index in [-0.39, 0.29) is 24.0 Å². The van der Waals surface area contributed by atoms with Crippen LogP contribution in [0.3, 0.4) is 0 Å². The molecule has 158 valence electrons. The summed E-state index contributed by atoms with van der Waals surface area (Å²) in [4.78, 5) is 26.1. The summed E-state index contributed by atoms with van der Waals surface area (Å²) >= 11 is 1.93. The highest BCUT2D eigenvalue weighted by Gasteiger charge is 2.42. The van der Waals surface area contributed by atoms with Crippen LogP contribution in [0.5, 0.6) is 11.5 Å². The van der Waals surface area contributed by atoms with Gasteiger partial charge in [-0.3, -0.25) is 4.79 Å². The first kappa shape index (κ1) is 20.2. The van der Waals surface area contributed by atoms with E-state index in [1.165, 1.54) is 5.56 Å². The van der Waals surface area contributed by atoms with E-state index in [0.717, 1.165) is 49.3 Å². The van der Waals surface area contributed by atoms with E-state index in [1.807, 2.05) is 28.8 Å². The van der Waals surface area contributed by atoms with Crippen LogP contribution in [-0.4, -0.2) is 60.7 Å². The molecule has 3 amide bonds. The minimum atomic E-state index is -0.0416. The van der Waals surface area contributed by atoms with Crippen LogP contribution in [0.25, 0.3) is 0 Å². The highest BCUT2D eigenvalue weighted by atomic mass is 32.2.